The third kappa shape index (κ3) is 6.39. The number of hydrogen-bond acceptors (Lipinski definition) is 0. The minimum absolute atomic E-state index is 0.113. The molecule has 3 heteroatoms. The molecule has 0 amide bonds. The standard InChI is InChI=1S/C9H17Cl3/c1-6(2)9(12)5-8(11)4-7(3)10/h6-9H,4-5H2,1-3H3. The molecule has 0 nitrogen and oxygen atoms in total. The molecule has 0 saturated heterocycles. The Morgan fingerprint density at radius 3 is 1.75 bits per heavy atom. The largest absolute Gasteiger partial charge is 0.123 e. The summed E-state index contributed by atoms with van der Waals surface area (Å²) in [7, 11) is 0. The maximum Gasteiger partial charge on any atom is 0.0373 e. The average Bonchev–Trinajstić information content (AvgIpc) is 1.84. The summed E-state index contributed by atoms with van der Waals surface area (Å²) in [4.78, 5) is 0. The summed E-state index contributed by atoms with van der Waals surface area (Å²) >= 11 is 17.9. The van der Waals surface area contributed by atoms with Crippen LogP contribution in [0.3, 0.4) is 0 Å². The van der Waals surface area contributed by atoms with Gasteiger partial charge in [0.05, 0.1) is 0 Å². The second kappa shape index (κ2) is 6.34. The van der Waals surface area contributed by atoms with Gasteiger partial charge in [-0.15, -0.1) is 34.8 Å². The van der Waals surface area contributed by atoms with Crippen LogP contribution in [0.4, 0.5) is 0 Å². The van der Waals surface area contributed by atoms with Gasteiger partial charge in [-0.05, 0) is 25.7 Å². The van der Waals surface area contributed by atoms with Gasteiger partial charge in [-0.1, -0.05) is 13.8 Å². The van der Waals surface area contributed by atoms with E-state index in [9.17, 15) is 0 Å². The lowest BCUT2D eigenvalue weighted by molar-refractivity contribution is 0.539. The first-order valence-electron chi connectivity index (χ1n) is 4.35. The highest BCUT2D eigenvalue weighted by Gasteiger charge is 2.16. The highest BCUT2D eigenvalue weighted by molar-refractivity contribution is 6.24. The fourth-order valence-electron chi connectivity index (χ4n) is 0.965. The van der Waals surface area contributed by atoms with Crippen LogP contribution >= 0.6 is 34.8 Å². The van der Waals surface area contributed by atoms with E-state index in [0.717, 1.165) is 12.8 Å². The van der Waals surface area contributed by atoms with Crippen LogP contribution in [0.15, 0.2) is 0 Å². The molecule has 0 aliphatic rings. The Labute approximate surface area is 90.6 Å². The van der Waals surface area contributed by atoms with E-state index in [2.05, 4.69) is 13.8 Å². The van der Waals surface area contributed by atoms with E-state index in [1.165, 1.54) is 0 Å². The Bertz CT molecular complexity index is 112. The zero-order valence-electron chi connectivity index (χ0n) is 7.86. The van der Waals surface area contributed by atoms with E-state index in [0.29, 0.717) is 5.92 Å². The predicted octanol–water partition coefficient (Wildman–Crippen LogP) is 4.26. The van der Waals surface area contributed by atoms with E-state index in [1.54, 1.807) is 0 Å². The second-order valence-electron chi connectivity index (χ2n) is 3.61. The van der Waals surface area contributed by atoms with Gasteiger partial charge in [0.15, 0.2) is 0 Å². The van der Waals surface area contributed by atoms with Gasteiger partial charge in [-0.25, -0.2) is 0 Å². The van der Waals surface area contributed by atoms with Crippen LogP contribution in [-0.4, -0.2) is 16.1 Å². The van der Waals surface area contributed by atoms with Crippen LogP contribution in [0.1, 0.15) is 33.6 Å². The molecule has 0 aromatic carbocycles. The lowest BCUT2D eigenvalue weighted by Gasteiger charge is -2.17. The van der Waals surface area contributed by atoms with Crippen molar-refractivity contribution in [3.63, 3.8) is 0 Å². The molecule has 3 atom stereocenters. The third-order valence-electron chi connectivity index (χ3n) is 1.78. The topological polar surface area (TPSA) is 0 Å². The smallest absolute Gasteiger partial charge is 0.0373 e. The quantitative estimate of drug-likeness (QED) is 0.620. The molecule has 0 bridgehead atoms. The molecule has 0 spiro atoms. The molecule has 0 rings (SSSR count). The SMILES string of the molecule is CC(Cl)CC(Cl)CC(Cl)C(C)C. The van der Waals surface area contributed by atoms with Crippen LogP contribution in [0.2, 0.25) is 0 Å². The van der Waals surface area contributed by atoms with Gasteiger partial charge in [-0.2, -0.15) is 0 Å². The lowest BCUT2D eigenvalue weighted by Crippen LogP contribution is -2.16. The Kier molecular flexibility index (Phi) is 6.80. The van der Waals surface area contributed by atoms with Crippen molar-refractivity contribution in [2.45, 2.75) is 49.7 Å². The van der Waals surface area contributed by atoms with E-state index in [1.807, 2.05) is 6.92 Å². The Balaban J connectivity index is 3.61. The Hall–Kier alpha value is 0.870. The Morgan fingerprint density at radius 1 is 0.917 bits per heavy atom. The number of halogens is 3. The molecule has 74 valence electrons. The summed E-state index contributed by atoms with van der Waals surface area (Å²) in [5.41, 5.74) is 0. The van der Waals surface area contributed by atoms with E-state index < -0.39 is 0 Å². The molecule has 0 saturated carbocycles. The molecule has 0 heterocycles. The second-order valence-corrected chi connectivity index (χ2v) is 5.53. The number of alkyl halides is 3. The van der Waals surface area contributed by atoms with Gasteiger partial charge in [0.25, 0.3) is 0 Å². The minimum atomic E-state index is 0.113. The molecular formula is C9H17Cl3. The van der Waals surface area contributed by atoms with Crippen molar-refractivity contribution >= 4 is 34.8 Å². The van der Waals surface area contributed by atoms with E-state index in [-0.39, 0.29) is 16.1 Å². The summed E-state index contributed by atoms with van der Waals surface area (Å²) in [6.45, 7) is 6.16. The maximum atomic E-state index is 6.07. The third-order valence-corrected chi connectivity index (χ3v) is 3.00. The average molecular weight is 232 g/mol. The number of hydrogen-bond donors (Lipinski definition) is 0. The first-order chi connectivity index (χ1) is 5.43. The van der Waals surface area contributed by atoms with Crippen molar-refractivity contribution in [3.05, 3.63) is 0 Å². The highest BCUT2D eigenvalue weighted by atomic mass is 35.5. The fourth-order valence-corrected chi connectivity index (χ4v) is 2.04. The minimum Gasteiger partial charge on any atom is -0.123 e. The van der Waals surface area contributed by atoms with Gasteiger partial charge < -0.3 is 0 Å². The molecule has 0 aliphatic carbocycles. The molecular weight excluding hydrogens is 214 g/mol. The fraction of sp³-hybridized carbons (Fsp3) is 1.00. The van der Waals surface area contributed by atoms with Crippen molar-refractivity contribution in [2.75, 3.05) is 0 Å². The van der Waals surface area contributed by atoms with Crippen molar-refractivity contribution in [1.29, 1.82) is 0 Å². The monoisotopic (exact) mass is 230 g/mol. The van der Waals surface area contributed by atoms with Crippen molar-refractivity contribution < 1.29 is 0 Å². The van der Waals surface area contributed by atoms with Crippen LogP contribution in [-0.2, 0) is 0 Å². The lowest BCUT2D eigenvalue weighted by atomic mass is 10.0. The molecule has 0 aromatic rings. The summed E-state index contributed by atoms with van der Waals surface area (Å²) in [5, 5.41) is 0.425. The van der Waals surface area contributed by atoms with Crippen LogP contribution in [0, 0.1) is 5.92 Å². The number of rotatable bonds is 5. The van der Waals surface area contributed by atoms with Crippen molar-refractivity contribution in [3.8, 4) is 0 Å². The predicted molar refractivity (Wildman–Crippen MR) is 58.7 cm³/mol. The van der Waals surface area contributed by atoms with E-state index >= 15 is 0 Å². The zero-order chi connectivity index (χ0) is 9.72. The molecule has 3 unspecified atom stereocenters. The van der Waals surface area contributed by atoms with Gasteiger partial charge in [0.1, 0.15) is 0 Å². The summed E-state index contributed by atoms with van der Waals surface area (Å²) in [6.07, 6.45) is 1.68. The van der Waals surface area contributed by atoms with Gasteiger partial charge in [-0.3, -0.25) is 0 Å². The molecule has 0 N–H and O–H groups in total. The normalized spacial score (nSPS) is 19.2. The molecule has 0 aromatic heterocycles. The van der Waals surface area contributed by atoms with Gasteiger partial charge in [0.2, 0.25) is 0 Å². The maximum absolute atomic E-state index is 6.07. The van der Waals surface area contributed by atoms with E-state index in [4.69, 9.17) is 34.8 Å². The molecule has 0 radical (unpaired) electrons. The van der Waals surface area contributed by atoms with Crippen LogP contribution in [0.25, 0.3) is 0 Å². The van der Waals surface area contributed by atoms with Crippen LogP contribution < -0.4 is 0 Å². The van der Waals surface area contributed by atoms with Crippen molar-refractivity contribution in [2.24, 2.45) is 5.92 Å². The molecule has 12 heavy (non-hydrogen) atoms. The Morgan fingerprint density at radius 2 is 1.42 bits per heavy atom. The zero-order valence-corrected chi connectivity index (χ0v) is 10.1. The van der Waals surface area contributed by atoms with Crippen molar-refractivity contribution in [1.82, 2.24) is 0 Å². The van der Waals surface area contributed by atoms with Gasteiger partial charge >= 0.3 is 0 Å². The highest BCUT2D eigenvalue weighted by Crippen LogP contribution is 2.22. The summed E-state index contributed by atoms with van der Waals surface area (Å²) in [5.74, 6) is 0.485. The molecule has 0 aliphatic heterocycles. The summed E-state index contributed by atoms with van der Waals surface area (Å²) in [6, 6.07) is 0. The molecule has 0 fully saturated rings. The first kappa shape index (κ1) is 12.9. The van der Waals surface area contributed by atoms with Crippen LogP contribution in [0.5, 0.6) is 0 Å². The summed E-state index contributed by atoms with van der Waals surface area (Å²) < 4.78 is 0. The first-order valence-corrected chi connectivity index (χ1v) is 5.66. The van der Waals surface area contributed by atoms with Gasteiger partial charge in [0, 0.05) is 16.1 Å².